The van der Waals surface area contributed by atoms with Gasteiger partial charge >= 0.3 is 0 Å². The van der Waals surface area contributed by atoms with Crippen LogP contribution in [-0.2, 0) is 0 Å². The minimum absolute atomic E-state index is 0.138. The number of rotatable bonds is 0. The number of thioether (sulfide) groups is 2. The number of nitrogens with one attached hydrogen (secondary N) is 1. The molecule has 0 aromatic heterocycles. The Hall–Kier alpha value is -0.0000000000000000763. The van der Waals surface area contributed by atoms with E-state index in [9.17, 15) is 10.2 Å². The van der Waals surface area contributed by atoms with Gasteiger partial charge in [-0.25, -0.2) is 0 Å². The van der Waals surface area contributed by atoms with E-state index in [2.05, 4.69) is 5.32 Å². The van der Waals surface area contributed by atoms with Gasteiger partial charge in [-0.3, -0.25) is 0 Å². The van der Waals surface area contributed by atoms with E-state index in [1.165, 1.54) is 0 Å². The first kappa shape index (κ1) is 7.64. The number of aliphatic hydroxyl groups is 2. The molecule has 2 aliphatic rings. The van der Waals surface area contributed by atoms with Crippen molar-refractivity contribution in [2.24, 2.45) is 0 Å². The summed E-state index contributed by atoms with van der Waals surface area (Å²) in [5.74, 6) is 1.58. The van der Waals surface area contributed by atoms with Crippen molar-refractivity contribution in [3.63, 3.8) is 0 Å². The number of hydrogen-bond acceptors (Lipinski definition) is 5. The summed E-state index contributed by atoms with van der Waals surface area (Å²) >= 11 is 3.43. The smallest absolute Gasteiger partial charge is 0.142 e. The molecule has 1 saturated heterocycles. The molecule has 62 valence electrons. The molecule has 2 aliphatic heterocycles. The number of fused-ring (bicyclic) bond motifs is 1. The maximum Gasteiger partial charge on any atom is 0.142 e. The lowest BCUT2D eigenvalue weighted by Gasteiger charge is -2.21. The van der Waals surface area contributed by atoms with E-state index in [0.29, 0.717) is 10.3 Å². The predicted molar refractivity (Wildman–Crippen MR) is 47.5 cm³/mol. The van der Waals surface area contributed by atoms with Crippen molar-refractivity contribution in [1.82, 2.24) is 5.32 Å². The van der Waals surface area contributed by atoms with Crippen LogP contribution >= 0.6 is 23.5 Å². The molecule has 0 radical (unpaired) electrons. The van der Waals surface area contributed by atoms with E-state index in [4.69, 9.17) is 0 Å². The van der Waals surface area contributed by atoms with Gasteiger partial charge in [-0.05, 0) is 0 Å². The van der Waals surface area contributed by atoms with Gasteiger partial charge < -0.3 is 15.5 Å². The second-order valence-electron chi connectivity index (χ2n) is 2.47. The van der Waals surface area contributed by atoms with Crippen molar-refractivity contribution in [2.75, 3.05) is 11.6 Å². The normalized spacial score (nSPS) is 36.8. The molecule has 2 rings (SSSR count). The Morgan fingerprint density at radius 1 is 1.45 bits per heavy atom. The Labute approximate surface area is 73.2 Å². The molecule has 5 heteroatoms. The molecular weight excluding hydrogens is 182 g/mol. The molecule has 3 N–H and O–H groups in total. The highest BCUT2D eigenvalue weighted by molar-refractivity contribution is 8.17. The van der Waals surface area contributed by atoms with Gasteiger partial charge in [-0.2, -0.15) is 0 Å². The summed E-state index contributed by atoms with van der Waals surface area (Å²) in [6, 6.07) is 0. The minimum atomic E-state index is -0.669. The van der Waals surface area contributed by atoms with Crippen LogP contribution < -0.4 is 5.32 Å². The lowest BCUT2D eigenvalue weighted by atomic mass is 10.2. The molecule has 1 fully saturated rings. The first-order chi connectivity index (χ1) is 5.29. The molecule has 0 aromatic rings. The van der Waals surface area contributed by atoms with Crippen LogP contribution in [0.25, 0.3) is 0 Å². The van der Waals surface area contributed by atoms with Crippen LogP contribution in [0.4, 0.5) is 0 Å². The van der Waals surface area contributed by atoms with Crippen LogP contribution in [0.5, 0.6) is 0 Å². The number of hydrogen-bond donors (Lipinski definition) is 3. The summed E-state index contributed by atoms with van der Waals surface area (Å²) in [7, 11) is 0. The van der Waals surface area contributed by atoms with E-state index in [0.717, 1.165) is 11.6 Å². The Morgan fingerprint density at radius 2 is 2.27 bits per heavy atom. The fraction of sp³-hybridized carbons (Fsp3) is 0.667. The average molecular weight is 191 g/mol. The molecule has 2 heterocycles. The zero-order chi connectivity index (χ0) is 7.84. The molecule has 0 spiro atoms. The largest absolute Gasteiger partial charge is 0.508 e. The van der Waals surface area contributed by atoms with Gasteiger partial charge in [0.2, 0.25) is 0 Å². The third-order valence-corrected chi connectivity index (χ3v) is 4.44. The van der Waals surface area contributed by atoms with Crippen LogP contribution in [0.1, 0.15) is 0 Å². The Kier molecular flexibility index (Phi) is 1.95. The molecular formula is C6H9NO2S2. The third kappa shape index (κ3) is 1.21. The van der Waals surface area contributed by atoms with Crippen molar-refractivity contribution >= 4 is 23.5 Å². The van der Waals surface area contributed by atoms with Crippen molar-refractivity contribution < 1.29 is 10.2 Å². The first-order valence-corrected chi connectivity index (χ1v) is 5.47. The minimum Gasteiger partial charge on any atom is -0.508 e. The summed E-state index contributed by atoms with van der Waals surface area (Å²) in [6.45, 7) is 0. The Bertz CT molecular complexity index is 207. The lowest BCUT2D eigenvalue weighted by Crippen LogP contribution is -2.26. The van der Waals surface area contributed by atoms with E-state index in [1.807, 2.05) is 0 Å². The SMILES string of the molecule is OC1=C2NCSC2SCC1O. The fourth-order valence-corrected chi connectivity index (χ4v) is 3.61. The first-order valence-electron chi connectivity index (χ1n) is 3.37. The van der Waals surface area contributed by atoms with E-state index in [-0.39, 0.29) is 5.76 Å². The predicted octanol–water partition coefficient (Wildman–Crippen LogP) is 0.484. The van der Waals surface area contributed by atoms with Gasteiger partial charge in [-0.15, -0.1) is 23.5 Å². The summed E-state index contributed by atoms with van der Waals surface area (Å²) in [6.07, 6.45) is -0.669. The van der Waals surface area contributed by atoms with E-state index in [1.54, 1.807) is 23.5 Å². The van der Waals surface area contributed by atoms with Crippen molar-refractivity contribution in [3.8, 4) is 0 Å². The molecule has 2 atom stereocenters. The molecule has 0 saturated carbocycles. The average Bonchev–Trinajstić information content (AvgIpc) is 2.45. The fourth-order valence-electron chi connectivity index (χ4n) is 1.14. The Balaban J connectivity index is 2.28. The molecule has 3 nitrogen and oxygen atoms in total. The van der Waals surface area contributed by atoms with Crippen LogP contribution in [0, 0.1) is 0 Å². The maximum absolute atomic E-state index is 9.39. The second-order valence-corrected chi connectivity index (χ2v) is 5.00. The van der Waals surface area contributed by atoms with Crippen LogP contribution in [0.15, 0.2) is 11.5 Å². The second kappa shape index (κ2) is 2.80. The zero-order valence-corrected chi connectivity index (χ0v) is 7.41. The molecule has 0 aromatic carbocycles. The third-order valence-electron chi connectivity index (χ3n) is 1.73. The van der Waals surface area contributed by atoms with Gasteiger partial charge in [-0.1, -0.05) is 0 Å². The number of aliphatic hydroxyl groups excluding tert-OH is 2. The topological polar surface area (TPSA) is 52.5 Å². The summed E-state index contributed by atoms with van der Waals surface area (Å²) in [4.78, 5) is 0. The monoisotopic (exact) mass is 191 g/mol. The maximum atomic E-state index is 9.39. The highest BCUT2D eigenvalue weighted by Crippen LogP contribution is 2.39. The van der Waals surface area contributed by atoms with Crippen LogP contribution in [0.3, 0.4) is 0 Å². The summed E-state index contributed by atoms with van der Waals surface area (Å²) in [5.41, 5.74) is 0.818. The molecule has 0 aliphatic carbocycles. The zero-order valence-electron chi connectivity index (χ0n) is 5.78. The van der Waals surface area contributed by atoms with E-state index >= 15 is 0 Å². The molecule has 0 amide bonds. The highest BCUT2D eigenvalue weighted by Gasteiger charge is 2.32. The van der Waals surface area contributed by atoms with Gasteiger partial charge in [0.15, 0.2) is 0 Å². The van der Waals surface area contributed by atoms with Crippen LogP contribution in [-0.4, -0.2) is 32.5 Å². The van der Waals surface area contributed by atoms with Gasteiger partial charge in [0.1, 0.15) is 11.9 Å². The molecule has 2 unspecified atom stereocenters. The van der Waals surface area contributed by atoms with Crippen molar-refractivity contribution in [1.29, 1.82) is 0 Å². The van der Waals surface area contributed by atoms with Gasteiger partial charge in [0, 0.05) is 5.75 Å². The van der Waals surface area contributed by atoms with Crippen molar-refractivity contribution in [3.05, 3.63) is 11.5 Å². The van der Waals surface area contributed by atoms with Crippen molar-refractivity contribution in [2.45, 2.75) is 10.7 Å². The van der Waals surface area contributed by atoms with E-state index < -0.39 is 6.10 Å². The quantitative estimate of drug-likeness (QED) is 0.520. The highest BCUT2D eigenvalue weighted by atomic mass is 32.2. The summed E-state index contributed by atoms with van der Waals surface area (Å²) < 4.78 is 0.318. The molecule has 0 bridgehead atoms. The Morgan fingerprint density at radius 3 is 3.09 bits per heavy atom. The standard InChI is InChI=1S/C6H9NO2S2/c8-3-1-10-6-4(5(3)9)7-2-11-6/h3,6-9H,1-2H2. The van der Waals surface area contributed by atoms with Gasteiger partial charge in [0.05, 0.1) is 16.2 Å². The van der Waals surface area contributed by atoms with Crippen LogP contribution in [0.2, 0.25) is 0 Å². The summed E-state index contributed by atoms with van der Waals surface area (Å²) in [5, 5.41) is 21.7. The lowest BCUT2D eigenvalue weighted by molar-refractivity contribution is 0.168. The van der Waals surface area contributed by atoms with Gasteiger partial charge in [0.25, 0.3) is 0 Å². The molecule has 11 heavy (non-hydrogen) atoms.